The molecule has 0 aliphatic heterocycles. The Morgan fingerprint density at radius 1 is 0.677 bits per heavy atom. The van der Waals surface area contributed by atoms with E-state index in [0.717, 1.165) is 19.1 Å². The van der Waals surface area contributed by atoms with Gasteiger partial charge in [-0.05, 0) is 6.42 Å². The molecule has 1 N–H and O–H groups in total. The van der Waals surface area contributed by atoms with Gasteiger partial charge in [-0.25, -0.2) is 4.79 Å². The van der Waals surface area contributed by atoms with Gasteiger partial charge in [-0.3, -0.25) is 0 Å². The molecule has 0 aromatic carbocycles. The second-order valence-corrected chi connectivity index (χ2v) is 7.08. The van der Waals surface area contributed by atoms with Crippen LogP contribution in [0.25, 0.3) is 0 Å². The van der Waals surface area contributed by atoms with Crippen LogP contribution < -0.4 is 0 Å². The van der Waals surface area contributed by atoms with Crippen LogP contribution in [-0.4, -0.2) is 77.6 Å². The Balaban J connectivity index is 0. The normalized spacial score (nSPS) is 10.4. The van der Waals surface area contributed by atoms with Crippen molar-refractivity contribution in [3.8, 4) is 0 Å². The lowest BCUT2D eigenvalue weighted by molar-refractivity contribution is -0.134. The third-order valence-electron chi connectivity index (χ3n) is 4.36. The molecule has 0 radical (unpaired) electrons. The summed E-state index contributed by atoms with van der Waals surface area (Å²) in [6, 6.07) is 0. The van der Waals surface area contributed by atoms with Crippen LogP contribution in [0.3, 0.4) is 0 Å². The van der Waals surface area contributed by atoms with Crippen molar-refractivity contribution in [2.75, 3.05) is 66.6 Å². The highest BCUT2D eigenvalue weighted by molar-refractivity contribution is 5.80. The molecule has 0 amide bonds. The van der Waals surface area contributed by atoms with E-state index in [9.17, 15) is 4.79 Å². The summed E-state index contributed by atoms with van der Waals surface area (Å²) in [5.41, 5.74) is 0. The number of rotatable bonds is 23. The second kappa shape index (κ2) is 31.2. The predicted molar refractivity (Wildman–Crippen MR) is 124 cm³/mol. The Bertz CT molecular complexity index is 329. The molecule has 0 fully saturated rings. The van der Waals surface area contributed by atoms with E-state index in [0.29, 0.717) is 46.2 Å². The largest absolute Gasteiger partial charge is 0.466 e. The van der Waals surface area contributed by atoms with Crippen LogP contribution in [0.5, 0.6) is 0 Å². The molecule has 31 heavy (non-hydrogen) atoms. The summed E-state index contributed by atoms with van der Waals surface area (Å²) in [6.45, 7) is 10.2. The van der Waals surface area contributed by atoms with Crippen LogP contribution in [0.1, 0.15) is 71.1 Å². The molecule has 0 aliphatic rings. The Morgan fingerprint density at radius 3 is 1.42 bits per heavy atom. The molecule has 0 spiro atoms. The lowest BCUT2D eigenvalue weighted by Crippen LogP contribution is -2.12. The molecule has 0 saturated heterocycles. The van der Waals surface area contributed by atoms with Crippen molar-refractivity contribution in [3.63, 3.8) is 0 Å². The molecule has 0 heterocycles. The monoisotopic (exact) mass is 448 g/mol. The van der Waals surface area contributed by atoms with Crippen LogP contribution in [0.2, 0.25) is 0 Å². The molecule has 7 heteroatoms. The van der Waals surface area contributed by atoms with Crippen LogP contribution in [0, 0.1) is 0 Å². The third kappa shape index (κ3) is 33.8. The Hall–Kier alpha value is -0.990. The maximum Gasteiger partial charge on any atom is 0.329 e. The second-order valence-electron chi connectivity index (χ2n) is 7.08. The van der Waals surface area contributed by atoms with E-state index in [1.54, 1.807) is 0 Å². The molecule has 0 unspecified atom stereocenters. The highest BCUT2D eigenvalue weighted by Crippen LogP contribution is 2.10. The van der Waals surface area contributed by atoms with Gasteiger partial charge in [0.25, 0.3) is 0 Å². The molecule has 0 rings (SSSR count). The summed E-state index contributed by atoms with van der Waals surface area (Å²) >= 11 is 0. The fourth-order valence-corrected chi connectivity index (χ4v) is 2.60. The first-order chi connectivity index (χ1) is 15.2. The zero-order valence-corrected chi connectivity index (χ0v) is 20.1. The average molecular weight is 449 g/mol. The quantitative estimate of drug-likeness (QED) is 0.142. The van der Waals surface area contributed by atoms with Crippen LogP contribution >= 0.6 is 0 Å². The van der Waals surface area contributed by atoms with Crippen molar-refractivity contribution in [3.05, 3.63) is 12.7 Å². The van der Waals surface area contributed by atoms with Crippen LogP contribution in [0.4, 0.5) is 0 Å². The van der Waals surface area contributed by atoms with E-state index in [4.69, 9.17) is 24.1 Å². The van der Waals surface area contributed by atoms with Gasteiger partial charge in [0.15, 0.2) is 0 Å². The Labute approximate surface area is 190 Å². The number of hydrogen-bond donors (Lipinski definition) is 1. The molecule has 7 nitrogen and oxygen atoms in total. The molecule has 0 aromatic rings. The number of hydrogen-bond acceptors (Lipinski definition) is 7. The maximum absolute atomic E-state index is 9.84. The number of carbonyl (C=O) groups excluding carboxylic acids is 1. The summed E-state index contributed by atoms with van der Waals surface area (Å²) in [5.74, 6) is -0.394. The van der Waals surface area contributed by atoms with E-state index in [-0.39, 0.29) is 6.61 Å². The van der Waals surface area contributed by atoms with Gasteiger partial charge in [-0.2, -0.15) is 0 Å². The van der Waals surface area contributed by atoms with Gasteiger partial charge in [0.05, 0.1) is 60.0 Å². The first-order valence-corrected chi connectivity index (χ1v) is 11.8. The summed E-state index contributed by atoms with van der Waals surface area (Å²) in [7, 11) is 1.31. The highest BCUT2D eigenvalue weighted by atomic mass is 16.6. The van der Waals surface area contributed by atoms with Crippen molar-refractivity contribution in [2.24, 2.45) is 0 Å². The molecule has 0 saturated carbocycles. The minimum absolute atomic E-state index is 0.0578. The molecule has 0 aliphatic carbocycles. The summed E-state index contributed by atoms with van der Waals surface area (Å²) in [6.07, 6.45) is 14.6. The van der Waals surface area contributed by atoms with E-state index in [2.05, 4.69) is 18.2 Å². The van der Waals surface area contributed by atoms with Gasteiger partial charge in [-0.15, -0.1) is 0 Å². The van der Waals surface area contributed by atoms with Crippen LogP contribution in [0.15, 0.2) is 12.7 Å². The molecule has 0 bridgehead atoms. The van der Waals surface area contributed by atoms with E-state index >= 15 is 0 Å². The fraction of sp³-hybridized carbons (Fsp3) is 0.875. The number of aliphatic hydroxyl groups excluding tert-OH is 1. The summed E-state index contributed by atoms with van der Waals surface area (Å²) in [5, 5.41) is 8.53. The molecule has 0 aromatic heterocycles. The molecular weight excluding hydrogens is 400 g/mol. The lowest BCUT2D eigenvalue weighted by atomic mass is 10.1. The number of aliphatic hydroxyl groups is 1. The fourth-order valence-electron chi connectivity index (χ4n) is 2.60. The van der Waals surface area contributed by atoms with E-state index < -0.39 is 5.97 Å². The van der Waals surface area contributed by atoms with Crippen molar-refractivity contribution >= 4 is 5.97 Å². The molecule has 0 atom stereocenters. The summed E-state index contributed by atoms with van der Waals surface area (Å²) < 4.78 is 25.5. The van der Waals surface area contributed by atoms with Gasteiger partial charge < -0.3 is 28.8 Å². The highest BCUT2D eigenvalue weighted by Gasteiger charge is 1.95. The maximum atomic E-state index is 9.84. The zero-order valence-electron chi connectivity index (χ0n) is 20.1. The lowest BCUT2D eigenvalue weighted by Gasteiger charge is -2.07. The SMILES string of the molecule is C=CC(=O)OC.CCCCCCCCCCCCOCCOCCOCCOCCO. The van der Waals surface area contributed by atoms with Gasteiger partial charge in [-0.1, -0.05) is 71.3 Å². The number of ether oxygens (including phenoxy) is 5. The molecular formula is C24H48O7. The number of methoxy groups -OCH3 is 1. The minimum Gasteiger partial charge on any atom is -0.466 e. The van der Waals surface area contributed by atoms with Gasteiger partial charge in [0.1, 0.15) is 0 Å². The van der Waals surface area contributed by atoms with E-state index in [1.165, 1.54) is 64.9 Å². The topological polar surface area (TPSA) is 83.5 Å². The Kier molecular flexibility index (Phi) is 32.4. The third-order valence-corrected chi connectivity index (χ3v) is 4.36. The van der Waals surface area contributed by atoms with Gasteiger partial charge >= 0.3 is 5.97 Å². The zero-order chi connectivity index (χ0) is 23.3. The van der Waals surface area contributed by atoms with Gasteiger partial charge in [0.2, 0.25) is 0 Å². The first-order valence-electron chi connectivity index (χ1n) is 11.8. The molecule has 186 valence electrons. The van der Waals surface area contributed by atoms with Gasteiger partial charge in [0, 0.05) is 12.7 Å². The Morgan fingerprint density at radius 2 is 1.06 bits per heavy atom. The average Bonchev–Trinajstić information content (AvgIpc) is 2.80. The predicted octanol–water partition coefficient (Wildman–Crippen LogP) is 4.31. The van der Waals surface area contributed by atoms with Crippen LogP contribution in [-0.2, 0) is 28.5 Å². The smallest absolute Gasteiger partial charge is 0.329 e. The number of esters is 1. The van der Waals surface area contributed by atoms with Crippen molar-refractivity contribution in [1.82, 2.24) is 0 Å². The van der Waals surface area contributed by atoms with Crippen molar-refractivity contribution in [1.29, 1.82) is 0 Å². The summed E-state index contributed by atoms with van der Waals surface area (Å²) in [4.78, 5) is 9.84. The van der Waals surface area contributed by atoms with E-state index in [1.807, 2.05) is 0 Å². The van der Waals surface area contributed by atoms with Crippen molar-refractivity contribution in [2.45, 2.75) is 71.1 Å². The minimum atomic E-state index is -0.394. The van der Waals surface area contributed by atoms with Crippen molar-refractivity contribution < 1.29 is 33.6 Å². The first kappa shape index (κ1) is 32.2. The number of carbonyl (C=O) groups is 1. The number of unbranched alkanes of at least 4 members (excludes halogenated alkanes) is 9. The standard InChI is InChI=1S/C20H42O5.C4H6O2/c1-2-3-4-5-6-7-8-9-10-11-13-22-15-17-24-19-20-25-18-16-23-14-12-21;1-3-4(5)6-2/h21H,2-20H2,1H3;3H,1H2,2H3.